The molecule has 2 amide bonds. The lowest BCUT2D eigenvalue weighted by Crippen LogP contribution is -2.28. The maximum Gasteiger partial charge on any atom is 0.319 e. The maximum absolute atomic E-state index is 13.3. The van der Waals surface area contributed by atoms with Gasteiger partial charge in [0.1, 0.15) is 11.6 Å². The summed E-state index contributed by atoms with van der Waals surface area (Å²) >= 11 is 0. The number of nitrogens with one attached hydrogen (secondary N) is 3. The average Bonchev–Trinajstić information content (AvgIpc) is 2.63. The average molecular weight is 395 g/mol. The van der Waals surface area contributed by atoms with E-state index >= 15 is 0 Å². The molecule has 0 aromatic heterocycles. The topological polar surface area (TPSA) is 96.5 Å². The summed E-state index contributed by atoms with van der Waals surface area (Å²) < 4.78 is 43.9. The highest BCUT2D eigenvalue weighted by Crippen LogP contribution is 2.25. The maximum atomic E-state index is 13.3. The Balaban J connectivity index is 1.92. The predicted octanol–water partition coefficient (Wildman–Crippen LogP) is 2.60. The van der Waals surface area contributed by atoms with Gasteiger partial charge in [0.2, 0.25) is 10.0 Å². The number of hydrogen-bond donors (Lipinski definition) is 3. The number of hydrogen-bond acceptors (Lipinski definition) is 4. The molecule has 0 radical (unpaired) electrons. The van der Waals surface area contributed by atoms with Crippen LogP contribution in [0.2, 0.25) is 0 Å². The zero-order valence-electron chi connectivity index (χ0n) is 15.1. The molecule has 0 bridgehead atoms. The molecule has 0 spiro atoms. The van der Waals surface area contributed by atoms with Crippen molar-refractivity contribution in [1.82, 2.24) is 10.0 Å². The van der Waals surface area contributed by atoms with Crippen molar-refractivity contribution in [2.24, 2.45) is 0 Å². The molecule has 0 unspecified atom stereocenters. The fourth-order valence-electron chi connectivity index (χ4n) is 2.27. The minimum Gasteiger partial charge on any atom is -0.492 e. The number of ether oxygens (including phenoxy) is 1. The Labute approximate surface area is 158 Å². The van der Waals surface area contributed by atoms with E-state index in [1.807, 2.05) is 0 Å². The van der Waals surface area contributed by atoms with Gasteiger partial charge < -0.3 is 15.4 Å². The Bertz CT molecular complexity index is 886. The van der Waals surface area contributed by atoms with Gasteiger partial charge in [0.15, 0.2) is 0 Å². The number of rotatable bonds is 8. The molecule has 7 nitrogen and oxygen atoms in total. The van der Waals surface area contributed by atoms with Gasteiger partial charge in [-0.2, -0.15) is 0 Å². The highest BCUT2D eigenvalue weighted by molar-refractivity contribution is 7.88. The largest absolute Gasteiger partial charge is 0.492 e. The van der Waals surface area contributed by atoms with Crippen LogP contribution in [0.15, 0.2) is 42.5 Å². The van der Waals surface area contributed by atoms with Gasteiger partial charge in [-0.1, -0.05) is 24.3 Å². The zero-order valence-corrected chi connectivity index (χ0v) is 15.9. The molecule has 0 saturated heterocycles. The summed E-state index contributed by atoms with van der Waals surface area (Å²) in [6.45, 7) is 2.35. The van der Waals surface area contributed by atoms with E-state index in [9.17, 15) is 17.6 Å². The number of anilines is 1. The normalized spacial score (nSPS) is 11.1. The van der Waals surface area contributed by atoms with Crippen molar-refractivity contribution in [3.05, 3.63) is 59.4 Å². The molecule has 27 heavy (non-hydrogen) atoms. The van der Waals surface area contributed by atoms with E-state index in [4.69, 9.17) is 4.74 Å². The van der Waals surface area contributed by atoms with Crippen molar-refractivity contribution in [2.45, 2.75) is 19.2 Å². The van der Waals surface area contributed by atoms with Crippen molar-refractivity contribution < 1.29 is 22.3 Å². The number of sulfonamides is 1. The number of halogens is 1. The van der Waals surface area contributed by atoms with Gasteiger partial charge in [0.05, 0.1) is 18.0 Å². The fourth-order valence-corrected chi connectivity index (χ4v) is 3.04. The van der Waals surface area contributed by atoms with Crippen LogP contribution in [-0.2, 0) is 22.3 Å². The predicted molar refractivity (Wildman–Crippen MR) is 102 cm³/mol. The zero-order chi connectivity index (χ0) is 19.9. The molecule has 146 valence electrons. The van der Waals surface area contributed by atoms with Crippen molar-refractivity contribution >= 4 is 21.7 Å². The van der Waals surface area contributed by atoms with Crippen LogP contribution in [0.1, 0.15) is 18.1 Å². The SMILES string of the molecule is CCOc1cc(F)ccc1NC(=O)NCc1ccc(CS(=O)(=O)NC)cc1. The lowest BCUT2D eigenvalue weighted by molar-refractivity contribution is 0.251. The van der Waals surface area contributed by atoms with Gasteiger partial charge in [-0.05, 0) is 37.2 Å². The van der Waals surface area contributed by atoms with Crippen LogP contribution in [0.5, 0.6) is 5.75 Å². The Kier molecular flexibility index (Phi) is 7.14. The first-order valence-electron chi connectivity index (χ1n) is 8.29. The van der Waals surface area contributed by atoms with Crippen LogP contribution in [-0.4, -0.2) is 28.1 Å². The third-order valence-electron chi connectivity index (χ3n) is 3.64. The summed E-state index contributed by atoms with van der Waals surface area (Å²) in [5.41, 5.74) is 1.81. The molecule has 2 aromatic carbocycles. The monoisotopic (exact) mass is 395 g/mol. The molecule has 0 aliphatic carbocycles. The van der Waals surface area contributed by atoms with E-state index in [0.717, 1.165) is 5.56 Å². The number of urea groups is 1. The second-order valence-corrected chi connectivity index (χ2v) is 7.59. The van der Waals surface area contributed by atoms with Gasteiger partial charge >= 0.3 is 6.03 Å². The highest BCUT2D eigenvalue weighted by atomic mass is 32.2. The second kappa shape index (κ2) is 9.33. The Hall–Kier alpha value is -2.65. The Morgan fingerprint density at radius 2 is 1.78 bits per heavy atom. The van der Waals surface area contributed by atoms with E-state index in [0.29, 0.717) is 17.9 Å². The van der Waals surface area contributed by atoms with E-state index in [1.54, 1.807) is 31.2 Å². The molecule has 9 heteroatoms. The molecule has 0 saturated carbocycles. The smallest absolute Gasteiger partial charge is 0.319 e. The Morgan fingerprint density at radius 3 is 2.41 bits per heavy atom. The first kappa shape index (κ1) is 20.7. The van der Waals surface area contributed by atoms with Crippen molar-refractivity contribution in [3.63, 3.8) is 0 Å². The van der Waals surface area contributed by atoms with E-state index in [1.165, 1.54) is 25.2 Å². The summed E-state index contributed by atoms with van der Waals surface area (Å²) in [4.78, 5) is 12.1. The molecule has 0 aliphatic rings. The number of carbonyl (C=O) groups excluding carboxylic acids is 1. The number of benzene rings is 2. The third kappa shape index (κ3) is 6.54. The summed E-state index contributed by atoms with van der Waals surface area (Å²) in [7, 11) is -1.96. The standard InChI is InChI=1S/C18H22FN3O4S/c1-3-26-17-10-15(19)8-9-16(17)22-18(23)21-11-13-4-6-14(7-5-13)12-27(24,25)20-2/h4-10,20H,3,11-12H2,1-2H3,(H2,21,22,23). The van der Waals surface area contributed by atoms with Crippen LogP contribution >= 0.6 is 0 Å². The van der Waals surface area contributed by atoms with Gasteiger partial charge in [-0.25, -0.2) is 22.3 Å². The first-order chi connectivity index (χ1) is 12.8. The molecule has 3 N–H and O–H groups in total. The highest BCUT2D eigenvalue weighted by Gasteiger charge is 2.10. The summed E-state index contributed by atoms with van der Waals surface area (Å²) in [6, 6.07) is 10.3. The number of amides is 2. The summed E-state index contributed by atoms with van der Waals surface area (Å²) in [6.07, 6.45) is 0. The molecule has 0 aliphatic heterocycles. The molecule has 2 rings (SSSR count). The number of carbonyl (C=O) groups is 1. The van der Waals surface area contributed by atoms with E-state index in [-0.39, 0.29) is 18.0 Å². The van der Waals surface area contributed by atoms with Crippen LogP contribution in [0, 0.1) is 5.82 Å². The van der Waals surface area contributed by atoms with Crippen LogP contribution in [0.3, 0.4) is 0 Å². The quantitative estimate of drug-likeness (QED) is 0.640. The molecule has 2 aromatic rings. The summed E-state index contributed by atoms with van der Waals surface area (Å²) in [5, 5.41) is 5.29. The first-order valence-corrected chi connectivity index (χ1v) is 9.94. The van der Waals surface area contributed by atoms with Crippen LogP contribution < -0.4 is 20.1 Å². The molecule has 0 heterocycles. The third-order valence-corrected chi connectivity index (χ3v) is 4.97. The van der Waals surface area contributed by atoms with Gasteiger partial charge in [0.25, 0.3) is 0 Å². The van der Waals surface area contributed by atoms with Gasteiger partial charge in [0, 0.05) is 12.6 Å². The molecular formula is C18H22FN3O4S. The molecule has 0 atom stereocenters. The van der Waals surface area contributed by atoms with Gasteiger partial charge in [-0.15, -0.1) is 0 Å². The van der Waals surface area contributed by atoms with Crippen LogP contribution in [0.4, 0.5) is 14.9 Å². The fraction of sp³-hybridized carbons (Fsp3) is 0.278. The van der Waals surface area contributed by atoms with E-state index in [2.05, 4.69) is 15.4 Å². The Morgan fingerprint density at radius 1 is 1.11 bits per heavy atom. The van der Waals surface area contributed by atoms with Crippen LogP contribution in [0.25, 0.3) is 0 Å². The van der Waals surface area contributed by atoms with Crippen molar-refractivity contribution in [2.75, 3.05) is 19.0 Å². The lowest BCUT2D eigenvalue weighted by Gasteiger charge is -2.12. The van der Waals surface area contributed by atoms with Gasteiger partial charge in [-0.3, -0.25) is 0 Å². The summed E-state index contributed by atoms with van der Waals surface area (Å²) in [5.74, 6) is -0.310. The lowest BCUT2D eigenvalue weighted by atomic mass is 10.1. The van der Waals surface area contributed by atoms with E-state index < -0.39 is 21.9 Å². The second-order valence-electron chi connectivity index (χ2n) is 5.66. The van der Waals surface area contributed by atoms with Crippen molar-refractivity contribution in [3.8, 4) is 5.75 Å². The minimum absolute atomic E-state index is 0.109. The van der Waals surface area contributed by atoms with Crippen molar-refractivity contribution in [1.29, 1.82) is 0 Å². The molecular weight excluding hydrogens is 373 g/mol. The minimum atomic E-state index is -3.33. The molecule has 0 fully saturated rings.